The van der Waals surface area contributed by atoms with Gasteiger partial charge in [-0.05, 0) is 51.4 Å². The van der Waals surface area contributed by atoms with Crippen molar-refractivity contribution in [3.63, 3.8) is 0 Å². The summed E-state index contributed by atoms with van der Waals surface area (Å²) in [6, 6.07) is -0.884. The number of allylic oxidation sites excluding steroid dienone is 8. The van der Waals surface area contributed by atoms with Gasteiger partial charge >= 0.3 is 0 Å². The van der Waals surface area contributed by atoms with E-state index in [-0.39, 0.29) is 18.9 Å². The van der Waals surface area contributed by atoms with E-state index in [4.69, 9.17) is 28.4 Å². The smallest absolute Gasteiger partial charge is 0.220 e. The number of aliphatic hydroxyl groups excluding tert-OH is 11. The largest absolute Gasteiger partial charge is 0.394 e. The van der Waals surface area contributed by atoms with Crippen LogP contribution in [0.1, 0.15) is 322 Å². The first-order valence-electron chi connectivity index (χ1n) is 40.4. The number of carbonyl (C=O) groups is 1. The lowest BCUT2D eigenvalue weighted by Gasteiger charge is -2.48. The fourth-order valence-corrected chi connectivity index (χ4v) is 13.7. The summed E-state index contributed by atoms with van der Waals surface area (Å²) in [6.07, 6.45) is 49.6. The van der Waals surface area contributed by atoms with Crippen LogP contribution in [0.3, 0.4) is 0 Å². The van der Waals surface area contributed by atoms with Crippen molar-refractivity contribution in [3.05, 3.63) is 48.6 Å². The Morgan fingerprint density at radius 3 is 1.09 bits per heavy atom. The van der Waals surface area contributed by atoms with E-state index in [1.807, 2.05) is 0 Å². The summed E-state index contributed by atoms with van der Waals surface area (Å²) in [6.45, 7) is 1.71. The zero-order valence-electron chi connectivity index (χ0n) is 62.0. The van der Waals surface area contributed by atoms with E-state index in [1.165, 1.54) is 218 Å². The van der Waals surface area contributed by atoms with Crippen LogP contribution in [0.15, 0.2) is 48.6 Å². The van der Waals surface area contributed by atoms with Crippen molar-refractivity contribution in [1.82, 2.24) is 5.32 Å². The molecule has 17 unspecified atom stereocenters. The van der Waals surface area contributed by atoms with Gasteiger partial charge in [0.25, 0.3) is 0 Å². The average Bonchev–Trinajstić information content (AvgIpc) is 0.785. The molecule has 3 heterocycles. The lowest BCUT2D eigenvalue weighted by molar-refractivity contribution is -0.379. The second kappa shape index (κ2) is 61.0. The highest BCUT2D eigenvalue weighted by atomic mass is 16.8. The highest BCUT2D eigenvalue weighted by Crippen LogP contribution is 2.33. The van der Waals surface area contributed by atoms with Gasteiger partial charge in [0.2, 0.25) is 5.91 Å². The first-order valence-corrected chi connectivity index (χ1v) is 40.4. The third kappa shape index (κ3) is 41.3. The Kier molecular flexibility index (Phi) is 56.0. The van der Waals surface area contributed by atoms with Gasteiger partial charge in [0.1, 0.15) is 73.2 Å². The normalized spacial score (nSPS) is 26.8. The van der Waals surface area contributed by atoms with Gasteiger partial charge in [0.15, 0.2) is 18.9 Å². The first kappa shape index (κ1) is 91.0. The second-order valence-corrected chi connectivity index (χ2v) is 28.9. The van der Waals surface area contributed by atoms with Crippen molar-refractivity contribution >= 4 is 5.91 Å². The zero-order chi connectivity index (χ0) is 71.8. The van der Waals surface area contributed by atoms with E-state index in [9.17, 15) is 61.0 Å². The number of unbranched alkanes of at least 4 members (excludes halogenated alkanes) is 40. The molecular weight excluding hydrogens is 1260 g/mol. The van der Waals surface area contributed by atoms with Gasteiger partial charge in [-0.3, -0.25) is 4.79 Å². The number of hydrogen-bond acceptors (Lipinski definition) is 18. The average molecular weight is 1410 g/mol. The Balaban J connectivity index is 1.26. The number of nitrogens with one attached hydrogen (secondary N) is 1. The molecule has 12 N–H and O–H groups in total. The third-order valence-corrected chi connectivity index (χ3v) is 20.2. The molecule has 0 radical (unpaired) electrons. The maximum Gasteiger partial charge on any atom is 0.220 e. The quantitative estimate of drug-likeness (QED) is 0.0199. The van der Waals surface area contributed by atoms with Crippen LogP contribution in [0.5, 0.6) is 0 Å². The van der Waals surface area contributed by atoms with Crippen molar-refractivity contribution in [3.8, 4) is 0 Å². The Hall–Kier alpha value is -2.25. The number of hydrogen-bond donors (Lipinski definition) is 12. The van der Waals surface area contributed by atoms with Gasteiger partial charge in [0.05, 0.1) is 38.6 Å². The molecule has 19 nitrogen and oxygen atoms in total. The molecule has 0 aromatic rings. The fourth-order valence-electron chi connectivity index (χ4n) is 13.7. The molecule has 17 atom stereocenters. The van der Waals surface area contributed by atoms with E-state index in [0.717, 1.165) is 70.6 Å². The monoisotopic (exact) mass is 1410 g/mol. The van der Waals surface area contributed by atoms with Crippen LogP contribution >= 0.6 is 0 Å². The van der Waals surface area contributed by atoms with Crippen LogP contribution in [-0.4, -0.2) is 193 Å². The highest BCUT2D eigenvalue weighted by Gasteiger charge is 2.54. The van der Waals surface area contributed by atoms with Gasteiger partial charge in [-0.1, -0.05) is 313 Å². The number of aliphatic hydroxyl groups is 11. The highest BCUT2D eigenvalue weighted by molar-refractivity contribution is 5.76. The molecule has 99 heavy (non-hydrogen) atoms. The molecule has 0 spiro atoms. The predicted octanol–water partition coefficient (Wildman–Crippen LogP) is 13.3. The number of carbonyl (C=O) groups excluding carboxylic acids is 1. The van der Waals surface area contributed by atoms with Gasteiger partial charge in [-0.15, -0.1) is 0 Å². The molecule has 0 bridgehead atoms. The summed E-state index contributed by atoms with van der Waals surface area (Å²) in [5, 5.41) is 121. The van der Waals surface area contributed by atoms with Crippen molar-refractivity contribution in [1.29, 1.82) is 0 Å². The van der Waals surface area contributed by atoms with Gasteiger partial charge in [-0.2, -0.15) is 0 Å². The summed E-state index contributed by atoms with van der Waals surface area (Å²) >= 11 is 0. The van der Waals surface area contributed by atoms with E-state index in [2.05, 4.69) is 67.8 Å². The minimum atomic E-state index is -1.97. The van der Waals surface area contributed by atoms with Crippen LogP contribution in [0.25, 0.3) is 0 Å². The molecule has 580 valence electrons. The van der Waals surface area contributed by atoms with Gasteiger partial charge in [-0.25, -0.2) is 0 Å². The lowest BCUT2D eigenvalue weighted by Crippen LogP contribution is -2.66. The minimum absolute atomic E-state index is 0.237. The fraction of sp³-hybridized carbons (Fsp3) is 0.887. The summed E-state index contributed by atoms with van der Waals surface area (Å²) in [7, 11) is 0. The first-order chi connectivity index (χ1) is 48.3. The Bertz CT molecular complexity index is 1980. The van der Waals surface area contributed by atoms with Crippen LogP contribution in [-0.2, 0) is 33.2 Å². The van der Waals surface area contributed by atoms with E-state index >= 15 is 0 Å². The molecule has 3 rings (SSSR count). The van der Waals surface area contributed by atoms with Crippen molar-refractivity contribution in [2.45, 2.75) is 426 Å². The predicted molar refractivity (Wildman–Crippen MR) is 392 cm³/mol. The minimum Gasteiger partial charge on any atom is -0.394 e. The molecule has 0 saturated carbocycles. The van der Waals surface area contributed by atoms with Crippen LogP contribution in [0, 0.1) is 0 Å². The molecule has 3 saturated heterocycles. The van der Waals surface area contributed by atoms with E-state index in [0.29, 0.717) is 12.8 Å². The van der Waals surface area contributed by atoms with Crippen molar-refractivity contribution in [2.24, 2.45) is 0 Å². The van der Waals surface area contributed by atoms with Crippen LogP contribution in [0.2, 0.25) is 0 Å². The Morgan fingerprint density at radius 2 is 0.697 bits per heavy atom. The Morgan fingerprint density at radius 1 is 0.374 bits per heavy atom. The number of amides is 1. The molecule has 19 heteroatoms. The third-order valence-electron chi connectivity index (χ3n) is 20.2. The maximum absolute atomic E-state index is 13.5. The molecule has 0 aromatic carbocycles. The molecule has 0 aromatic heterocycles. The second-order valence-electron chi connectivity index (χ2n) is 28.9. The SMILES string of the molecule is CC/C=C\C/C=C\C/C=C\C/C=C\CCCCCCCCCCCCCCCCCCCCCCCCCCCCCCC(=O)NC(COC1OC(CO)C(OC2OC(CO)C(OC3OC(CO)C(O)C(O)C3O)C(O)C2O)C(O)C1O)C(O)CCCCCCCCCCCCCCC. The van der Waals surface area contributed by atoms with Gasteiger partial charge < -0.3 is 89.9 Å². The molecular formula is C80H147NO18. The topological polar surface area (TPSA) is 307 Å². The lowest BCUT2D eigenvalue weighted by atomic mass is 9.96. The molecule has 3 fully saturated rings. The molecule has 0 aliphatic carbocycles. The summed E-state index contributed by atoms with van der Waals surface area (Å²) in [5.41, 5.74) is 0. The van der Waals surface area contributed by atoms with E-state index < -0.39 is 124 Å². The Labute approximate surface area is 599 Å². The van der Waals surface area contributed by atoms with Gasteiger partial charge in [0, 0.05) is 6.42 Å². The maximum atomic E-state index is 13.5. The molecule has 3 aliphatic heterocycles. The molecule has 3 aliphatic rings. The number of ether oxygens (including phenoxy) is 6. The van der Waals surface area contributed by atoms with E-state index in [1.54, 1.807) is 0 Å². The van der Waals surface area contributed by atoms with Crippen LogP contribution < -0.4 is 5.32 Å². The van der Waals surface area contributed by atoms with Crippen molar-refractivity contribution in [2.75, 3.05) is 26.4 Å². The molecule has 1 amide bonds. The standard InChI is InChI=1S/C80H147NO18/c1-3-5-7-9-11-13-15-17-18-19-20-21-22-23-24-25-26-27-28-29-30-31-32-33-34-35-36-37-38-39-40-41-42-43-44-46-48-50-52-54-56-58-68(86)81-63(64(85)57-55-53-51-49-47-45-16-14-12-10-8-6-4-2)62-94-78-74(92)71(89)76(66(60-83)96-78)99-80-75(93)72(90)77(67(61-84)97-80)98-79-73(91)70(88)69(87)65(59-82)95-79/h5,7,11,13,17-18,20-21,63-67,69-80,82-85,87-93H,3-4,6,8-10,12,14-16,19,22-62H2,1-2H3,(H,81,86)/b7-5-,13-11-,18-17-,21-20-. The number of rotatable bonds is 64. The van der Waals surface area contributed by atoms with Crippen molar-refractivity contribution < 1.29 is 89.4 Å². The zero-order valence-corrected chi connectivity index (χ0v) is 62.0. The summed E-state index contributed by atoms with van der Waals surface area (Å²) in [4.78, 5) is 13.5. The summed E-state index contributed by atoms with van der Waals surface area (Å²) in [5.74, 6) is -0.237. The van der Waals surface area contributed by atoms with Crippen LogP contribution in [0.4, 0.5) is 0 Å². The summed E-state index contributed by atoms with van der Waals surface area (Å²) < 4.78 is 34.4.